The molecule has 224 valence electrons. The number of alkyl halides is 3. The van der Waals surface area contributed by atoms with Crippen molar-refractivity contribution in [2.45, 2.75) is 37.4 Å². The van der Waals surface area contributed by atoms with E-state index < -0.39 is 29.6 Å². The molecule has 0 aliphatic carbocycles. The summed E-state index contributed by atoms with van der Waals surface area (Å²) in [6.45, 7) is 9.40. The number of nitrogens with zero attached hydrogens (tertiary/aromatic N) is 4. The molecule has 2 aliphatic rings. The number of guanidine groups is 1. The molecule has 6 nitrogen and oxygen atoms in total. The van der Waals surface area contributed by atoms with E-state index in [9.17, 15) is 18.0 Å². The molecule has 0 amide bonds. The normalized spacial score (nSPS) is 20.0. The van der Waals surface area contributed by atoms with E-state index in [1.165, 1.54) is 24.9 Å². The average molecular weight is 603 g/mol. The minimum atomic E-state index is -4.60. The molecule has 1 saturated heterocycles. The van der Waals surface area contributed by atoms with Crippen molar-refractivity contribution < 1.29 is 27.1 Å². The predicted molar refractivity (Wildman–Crippen MR) is 161 cm³/mol. The van der Waals surface area contributed by atoms with Crippen molar-refractivity contribution in [3.63, 3.8) is 0 Å². The Morgan fingerprint density at radius 2 is 1.83 bits per heavy atom. The molecule has 0 N–H and O–H groups in total. The lowest BCUT2D eigenvalue weighted by molar-refractivity contribution is -0.141. The van der Waals surface area contributed by atoms with E-state index in [-0.39, 0.29) is 23.8 Å². The minimum absolute atomic E-state index is 0.00792. The summed E-state index contributed by atoms with van der Waals surface area (Å²) in [5.41, 5.74) is 1.93. The molecular weight excluding hydrogens is 568 g/mol. The molecule has 0 bridgehead atoms. The van der Waals surface area contributed by atoms with Crippen LogP contribution in [-0.4, -0.2) is 62.4 Å². The van der Waals surface area contributed by atoms with E-state index in [1.807, 2.05) is 30.0 Å². The SMILES string of the molecule is C=C/C(F)=C1/N=C(N2CCN(c3cccc(C)c3)CC2)N(c2cc(C(F)(F)F)ccc2SC)C(CC(=O)OC)/C1=C/C. The van der Waals surface area contributed by atoms with Gasteiger partial charge in [0.05, 0.1) is 30.8 Å². The first-order valence-corrected chi connectivity index (χ1v) is 14.7. The van der Waals surface area contributed by atoms with Crippen LogP contribution >= 0.6 is 11.8 Å². The van der Waals surface area contributed by atoms with Crippen molar-refractivity contribution >= 4 is 35.1 Å². The number of carbonyl (C=O) groups excluding carboxylic acids is 1. The number of aryl methyl sites for hydroxylation is 1. The number of benzene rings is 2. The summed E-state index contributed by atoms with van der Waals surface area (Å²) in [6.07, 6.45) is -0.405. The van der Waals surface area contributed by atoms with Crippen molar-refractivity contribution in [1.82, 2.24) is 4.90 Å². The maximum absolute atomic E-state index is 15.3. The molecule has 0 radical (unpaired) electrons. The molecule has 2 aromatic rings. The number of anilines is 2. The van der Waals surface area contributed by atoms with Gasteiger partial charge in [0.15, 0.2) is 0 Å². The number of allylic oxidation sites excluding steroid dienone is 3. The first-order chi connectivity index (χ1) is 20.0. The highest BCUT2D eigenvalue weighted by Crippen LogP contribution is 2.42. The van der Waals surface area contributed by atoms with Gasteiger partial charge in [0.25, 0.3) is 0 Å². The van der Waals surface area contributed by atoms with Crippen LogP contribution in [0.1, 0.15) is 24.5 Å². The predicted octanol–water partition coefficient (Wildman–Crippen LogP) is 6.98. The standard InChI is InChI=1S/C31H34F4N4O2S/c1-6-23-25(19-28(40)41-4)39(26-18-21(31(33,34)35)11-12-27(26)42-5)30(36-29(23)24(32)7-2)38-15-13-37(14-16-38)22-10-8-9-20(3)17-22/h6-12,17-18,25H,2,13-16,19H2,1,3-5H3/b23-6-,29-24-. The zero-order valence-corrected chi connectivity index (χ0v) is 24.9. The number of esters is 1. The van der Waals surface area contributed by atoms with Gasteiger partial charge in [-0.3, -0.25) is 4.79 Å². The first kappa shape index (κ1) is 31.2. The second-order valence-corrected chi connectivity index (χ2v) is 10.8. The third-order valence-electron chi connectivity index (χ3n) is 7.37. The Morgan fingerprint density at radius 3 is 2.40 bits per heavy atom. The van der Waals surface area contributed by atoms with E-state index in [4.69, 9.17) is 9.73 Å². The van der Waals surface area contributed by atoms with Crippen LogP contribution in [0.4, 0.5) is 28.9 Å². The molecule has 2 heterocycles. The zero-order valence-electron chi connectivity index (χ0n) is 24.0. The van der Waals surface area contributed by atoms with E-state index in [0.29, 0.717) is 36.6 Å². The lowest BCUT2D eigenvalue weighted by Crippen LogP contribution is -2.58. The largest absolute Gasteiger partial charge is 0.469 e. The zero-order chi connectivity index (χ0) is 30.6. The Labute approximate surface area is 248 Å². The highest BCUT2D eigenvalue weighted by Gasteiger charge is 2.41. The van der Waals surface area contributed by atoms with Crippen LogP contribution in [0, 0.1) is 6.92 Å². The van der Waals surface area contributed by atoms with Gasteiger partial charge in [0.1, 0.15) is 11.5 Å². The number of carbonyl (C=O) groups is 1. The Morgan fingerprint density at radius 1 is 1.14 bits per heavy atom. The fraction of sp³-hybridized carbons (Fsp3) is 0.355. The molecule has 42 heavy (non-hydrogen) atoms. The molecule has 1 unspecified atom stereocenters. The van der Waals surface area contributed by atoms with Crippen molar-refractivity contribution in [3.05, 3.63) is 89.4 Å². The highest BCUT2D eigenvalue weighted by atomic mass is 32.2. The fourth-order valence-electron chi connectivity index (χ4n) is 5.26. The molecule has 0 aromatic heterocycles. The summed E-state index contributed by atoms with van der Waals surface area (Å²) in [7, 11) is 1.24. The molecule has 2 aliphatic heterocycles. The van der Waals surface area contributed by atoms with Gasteiger partial charge in [-0.2, -0.15) is 13.2 Å². The monoisotopic (exact) mass is 602 g/mol. The van der Waals surface area contributed by atoms with Crippen LogP contribution in [0.2, 0.25) is 0 Å². The molecular formula is C31H34F4N4O2S. The lowest BCUT2D eigenvalue weighted by Gasteiger charge is -2.46. The minimum Gasteiger partial charge on any atom is -0.469 e. The number of aliphatic imine (C=N–C) groups is 1. The summed E-state index contributed by atoms with van der Waals surface area (Å²) in [5, 5.41) is 0. The van der Waals surface area contributed by atoms with Crippen molar-refractivity contribution in [2.24, 2.45) is 4.99 Å². The smallest absolute Gasteiger partial charge is 0.416 e. The van der Waals surface area contributed by atoms with Crippen LogP contribution in [0.5, 0.6) is 0 Å². The topological polar surface area (TPSA) is 48.4 Å². The van der Waals surface area contributed by atoms with Gasteiger partial charge in [-0.25, -0.2) is 9.38 Å². The van der Waals surface area contributed by atoms with Crippen LogP contribution in [0.15, 0.2) is 88.2 Å². The van der Waals surface area contributed by atoms with Gasteiger partial charge < -0.3 is 19.4 Å². The Balaban J connectivity index is 1.89. The number of thioether (sulfide) groups is 1. The summed E-state index contributed by atoms with van der Waals surface area (Å²) in [5.74, 6) is -1.02. The molecule has 1 fully saturated rings. The van der Waals surface area contributed by atoms with Crippen LogP contribution in [-0.2, 0) is 15.7 Å². The fourth-order valence-corrected chi connectivity index (χ4v) is 5.83. The van der Waals surface area contributed by atoms with Crippen molar-refractivity contribution in [2.75, 3.05) is 49.3 Å². The molecule has 0 saturated carbocycles. The van der Waals surface area contributed by atoms with Crippen LogP contribution < -0.4 is 9.80 Å². The number of piperazine rings is 1. The Kier molecular flexibility index (Phi) is 9.71. The summed E-state index contributed by atoms with van der Waals surface area (Å²) in [4.78, 5) is 23.8. The quantitative estimate of drug-likeness (QED) is 0.202. The van der Waals surface area contributed by atoms with Crippen molar-refractivity contribution in [1.29, 1.82) is 0 Å². The van der Waals surface area contributed by atoms with E-state index >= 15 is 4.39 Å². The lowest BCUT2D eigenvalue weighted by atomic mass is 9.95. The maximum atomic E-state index is 15.3. The first-order valence-electron chi connectivity index (χ1n) is 13.5. The van der Waals surface area contributed by atoms with Crippen molar-refractivity contribution in [3.8, 4) is 0 Å². The summed E-state index contributed by atoms with van der Waals surface area (Å²) in [6, 6.07) is 10.8. The number of halogens is 4. The van der Waals surface area contributed by atoms with Gasteiger partial charge in [0, 0.05) is 42.3 Å². The number of rotatable bonds is 6. The number of hydrogen-bond acceptors (Lipinski definition) is 7. The maximum Gasteiger partial charge on any atom is 0.416 e. The highest BCUT2D eigenvalue weighted by molar-refractivity contribution is 7.98. The van der Waals surface area contributed by atoms with Gasteiger partial charge in [0.2, 0.25) is 5.96 Å². The van der Waals surface area contributed by atoms with Gasteiger partial charge in [-0.1, -0.05) is 24.8 Å². The summed E-state index contributed by atoms with van der Waals surface area (Å²) < 4.78 is 62.1. The van der Waals surface area contributed by atoms with Gasteiger partial charge in [-0.05, 0) is 62.1 Å². The number of methoxy groups -OCH3 is 1. The second-order valence-electron chi connectivity index (χ2n) is 9.92. The summed E-state index contributed by atoms with van der Waals surface area (Å²) >= 11 is 1.27. The number of hydrogen-bond donors (Lipinski definition) is 0. The molecule has 0 spiro atoms. The van der Waals surface area contributed by atoms with E-state index in [1.54, 1.807) is 24.2 Å². The molecule has 2 aromatic carbocycles. The second kappa shape index (κ2) is 13.1. The van der Waals surface area contributed by atoms with Crippen LogP contribution in [0.3, 0.4) is 0 Å². The van der Waals surface area contributed by atoms with Gasteiger partial charge >= 0.3 is 12.1 Å². The average Bonchev–Trinajstić information content (AvgIpc) is 2.99. The van der Waals surface area contributed by atoms with E-state index in [2.05, 4.69) is 17.5 Å². The molecule has 11 heteroatoms. The number of ether oxygens (including phenoxy) is 1. The third-order valence-corrected chi connectivity index (χ3v) is 8.16. The molecule has 1 atom stereocenters. The van der Waals surface area contributed by atoms with Crippen LogP contribution in [0.25, 0.3) is 0 Å². The van der Waals surface area contributed by atoms with E-state index in [0.717, 1.165) is 29.5 Å². The third kappa shape index (κ3) is 6.51. The Hall–Kier alpha value is -3.73. The molecule has 4 rings (SSSR count). The Bertz CT molecular complexity index is 1430. The van der Waals surface area contributed by atoms with Gasteiger partial charge in [-0.15, -0.1) is 11.8 Å².